The molecule has 0 aliphatic rings. The van der Waals surface area contributed by atoms with E-state index in [1.807, 2.05) is 25.2 Å². The summed E-state index contributed by atoms with van der Waals surface area (Å²) in [6, 6.07) is 5.69. The lowest BCUT2D eigenvalue weighted by atomic mass is 10.2. The maximum Gasteiger partial charge on any atom is 0.260 e. The smallest absolute Gasteiger partial charge is 0.260 e. The first-order valence-corrected chi connectivity index (χ1v) is 7.74. The summed E-state index contributed by atoms with van der Waals surface area (Å²) in [7, 11) is 3.53. The number of hydrogen-bond acceptors (Lipinski definition) is 4. The Morgan fingerprint density at radius 2 is 2.19 bits per heavy atom. The van der Waals surface area contributed by atoms with E-state index in [2.05, 4.69) is 26.6 Å². The Bertz CT molecular complexity index is 455. The molecule has 118 valence electrons. The summed E-state index contributed by atoms with van der Waals surface area (Å²) in [6.07, 6.45) is 0.260. The molecule has 1 atom stereocenters. The van der Waals surface area contributed by atoms with Crippen LogP contribution >= 0.6 is 15.9 Å². The van der Waals surface area contributed by atoms with Crippen LogP contribution in [0.5, 0.6) is 5.75 Å². The van der Waals surface area contributed by atoms with Gasteiger partial charge in [-0.15, -0.1) is 0 Å². The molecule has 0 saturated heterocycles. The number of rotatable bonds is 9. The molecule has 0 saturated carbocycles. The van der Waals surface area contributed by atoms with E-state index in [1.54, 1.807) is 14.0 Å². The highest BCUT2D eigenvalue weighted by molar-refractivity contribution is 9.10. The largest absolute Gasteiger partial charge is 0.481 e. The monoisotopic (exact) mass is 358 g/mol. The SMILES string of the molecule is CNCc1cc(OC(C)C(=O)NCCCOC)ccc1Br. The van der Waals surface area contributed by atoms with Crippen molar-refractivity contribution in [2.24, 2.45) is 0 Å². The fourth-order valence-corrected chi connectivity index (χ4v) is 2.17. The van der Waals surface area contributed by atoms with Crippen molar-refractivity contribution in [1.29, 1.82) is 0 Å². The zero-order valence-corrected chi connectivity index (χ0v) is 14.3. The van der Waals surface area contributed by atoms with Gasteiger partial charge in [0, 0.05) is 31.3 Å². The zero-order chi connectivity index (χ0) is 15.7. The molecule has 1 unspecified atom stereocenters. The first-order valence-electron chi connectivity index (χ1n) is 6.94. The number of methoxy groups -OCH3 is 1. The fraction of sp³-hybridized carbons (Fsp3) is 0.533. The first-order chi connectivity index (χ1) is 10.1. The van der Waals surface area contributed by atoms with Crippen LogP contribution in [-0.2, 0) is 16.1 Å². The summed E-state index contributed by atoms with van der Waals surface area (Å²) in [4.78, 5) is 11.9. The van der Waals surface area contributed by atoms with Crippen LogP contribution in [0.25, 0.3) is 0 Å². The Kier molecular flexibility index (Phi) is 8.34. The standard InChI is InChI=1S/C15H23BrN2O3/c1-11(15(19)18-7-4-8-20-3)21-13-5-6-14(16)12(9-13)10-17-2/h5-6,9,11,17H,4,7-8,10H2,1-3H3,(H,18,19). The van der Waals surface area contributed by atoms with Crippen molar-refractivity contribution in [1.82, 2.24) is 10.6 Å². The van der Waals surface area contributed by atoms with E-state index in [9.17, 15) is 4.79 Å². The van der Waals surface area contributed by atoms with Crippen LogP contribution in [0.1, 0.15) is 18.9 Å². The van der Waals surface area contributed by atoms with Gasteiger partial charge in [-0.05, 0) is 44.2 Å². The molecule has 5 nitrogen and oxygen atoms in total. The molecule has 0 aliphatic carbocycles. The number of ether oxygens (including phenoxy) is 2. The van der Waals surface area contributed by atoms with Gasteiger partial charge in [-0.2, -0.15) is 0 Å². The maximum absolute atomic E-state index is 11.9. The summed E-state index contributed by atoms with van der Waals surface area (Å²) >= 11 is 3.49. The average molecular weight is 359 g/mol. The average Bonchev–Trinajstić information content (AvgIpc) is 2.47. The van der Waals surface area contributed by atoms with Crippen molar-refractivity contribution in [3.8, 4) is 5.75 Å². The Hall–Kier alpha value is -1.11. The zero-order valence-electron chi connectivity index (χ0n) is 12.7. The Labute approximate surface area is 134 Å². The van der Waals surface area contributed by atoms with Gasteiger partial charge in [-0.25, -0.2) is 0 Å². The summed E-state index contributed by atoms with van der Waals surface area (Å²) in [5.41, 5.74) is 1.09. The van der Waals surface area contributed by atoms with E-state index < -0.39 is 6.10 Å². The molecule has 6 heteroatoms. The molecule has 1 rings (SSSR count). The molecule has 2 N–H and O–H groups in total. The predicted molar refractivity (Wildman–Crippen MR) is 86.5 cm³/mol. The summed E-state index contributed by atoms with van der Waals surface area (Å²) < 4.78 is 11.6. The van der Waals surface area contributed by atoms with E-state index >= 15 is 0 Å². The third kappa shape index (κ3) is 6.46. The van der Waals surface area contributed by atoms with Gasteiger partial charge in [0.25, 0.3) is 5.91 Å². The highest BCUT2D eigenvalue weighted by atomic mass is 79.9. The lowest BCUT2D eigenvalue weighted by Crippen LogP contribution is -2.37. The molecule has 1 aromatic rings. The number of hydrogen-bond donors (Lipinski definition) is 2. The van der Waals surface area contributed by atoms with Gasteiger partial charge in [-0.3, -0.25) is 4.79 Å². The normalized spacial score (nSPS) is 12.0. The van der Waals surface area contributed by atoms with E-state index in [1.165, 1.54) is 0 Å². The minimum Gasteiger partial charge on any atom is -0.481 e. The number of benzene rings is 1. The predicted octanol–water partition coefficient (Wildman–Crippen LogP) is 2.09. The van der Waals surface area contributed by atoms with Gasteiger partial charge in [0.1, 0.15) is 5.75 Å². The highest BCUT2D eigenvalue weighted by Crippen LogP contribution is 2.23. The second kappa shape index (κ2) is 9.76. The van der Waals surface area contributed by atoms with Crippen molar-refractivity contribution < 1.29 is 14.3 Å². The number of carbonyl (C=O) groups is 1. The molecule has 0 heterocycles. The topological polar surface area (TPSA) is 59.6 Å². The van der Waals surface area contributed by atoms with E-state index in [-0.39, 0.29) is 5.91 Å². The molecule has 0 aliphatic heterocycles. The molecule has 1 amide bonds. The Morgan fingerprint density at radius 3 is 2.86 bits per heavy atom. The summed E-state index contributed by atoms with van der Waals surface area (Å²) in [6.45, 7) is 3.70. The molecule has 1 aromatic carbocycles. The summed E-state index contributed by atoms with van der Waals surface area (Å²) in [5.74, 6) is 0.562. The van der Waals surface area contributed by atoms with Crippen molar-refractivity contribution in [2.45, 2.75) is 26.0 Å². The first kappa shape index (κ1) is 17.9. The quantitative estimate of drug-likeness (QED) is 0.663. The van der Waals surface area contributed by atoms with Crippen molar-refractivity contribution in [2.75, 3.05) is 27.3 Å². The minimum atomic E-state index is -0.531. The molecule has 0 spiro atoms. The van der Waals surface area contributed by atoms with Crippen LogP contribution in [0.4, 0.5) is 0 Å². The van der Waals surface area contributed by atoms with Gasteiger partial charge < -0.3 is 20.1 Å². The third-order valence-corrected chi connectivity index (χ3v) is 3.66. The van der Waals surface area contributed by atoms with E-state index in [4.69, 9.17) is 9.47 Å². The van der Waals surface area contributed by atoms with Crippen LogP contribution in [0.15, 0.2) is 22.7 Å². The highest BCUT2D eigenvalue weighted by Gasteiger charge is 2.14. The maximum atomic E-state index is 11.9. The van der Waals surface area contributed by atoms with Crippen molar-refractivity contribution in [3.05, 3.63) is 28.2 Å². The van der Waals surface area contributed by atoms with Crippen LogP contribution in [0.2, 0.25) is 0 Å². The van der Waals surface area contributed by atoms with Crippen LogP contribution in [-0.4, -0.2) is 39.3 Å². The fourth-order valence-electron chi connectivity index (χ4n) is 1.78. The van der Waals surface area contributed by atoms with E-state index in [0.717, 1.165) is 23.0 Å². The third-order valence-electron chi connectivity index (χ3n) is 2.89. The second-order valence-corrected chi connectivity index (χ2v) is 5.54. The Morgan fingerprint density at radius 1 is 1.43 bits per heavy atom. The lowest BCUT2D eigenvalue weighted by molar-refractivity contribution is -0.127. The number of amides is 1. The summed E-state index contributed by atoms with van der Waals surface area (Å²) in [5, 5.41) is 5.91. The molecule has 0 aromatic heterocycles. The molecule has 0 fully saturated rings. The molecule has 0 bridgehead atoms. The molecular formula is C15H23BrN2O3. The minimum absolute atomic E-state index is 0.121. The van der Waals surface area contributed by atoms with Gasteiger partial charge >= 0.3 is 0 Å². The van der Waals surface area contributed by atoms with Crippen molar-refractivity contribution >= 4 is 21.8 Å². The molecule has 21 heavy (non-hydrogen) atoms. The van der Waals surface area contributed by atoms with Crippen LogP contribution in [0.3, 0.4) is 0 Å². The lowest BCUT2D eigenvalue weighted by Gasteiger charge is -2.16. The van der Waals surface area contributed by atoms with Gasteiger partial charge in [0.15, 0.2) is 6.10 Å². The van der Waals surface area contributed by atoms with Gasteiger partial charge in [0.05, 0.1) is 0 Å². The molecule has 0 radical (unpaired) electrons. The van der Waals surface area contributed by atoms with E-state index in [0.29, 0.717) is 18.9 Å². The van der Waals surface area contributed by atoms with Gasteiger partial charge in [0.2, 0.25) is 0 Å². The van der Waals surface area contributed by atoms with Crippen LogP contribution < -0.4 is 15.4 Å². The molecular weight excluding hydrogens is 336 g/mol. The second-order valence-electron chi connectivity index (χ2n) is 4.68. The Balaban J connectivity index is 2.51. The number of carbonyl (C=O) groups excluding carboxylic acids is 1. The van der Waals surface area contributed by atoms with Crippen LogP contribution in [0, 0.1) is 0 Å². The van der Waals surface area contributed by atoms with Crippen molar-refractivity contribution in [3.63, 3.8) is 0 Å². The number of halogens is 1. The number of nitrogens with one attached hydrogen (secondary N) is 2. The van der Waals surface area contributed by atoms with Gasteiger partial charge in [-0.1, -0.05) is 15.9 Å².